The molecule has 0 N–H and O–H groups in total. The van der Waals surface area contributed by atoms with Gasteiger partial charge in [0.05, 0.1) is 5.56 Å². The maximum atomic E-state index is 13.7. The molecule has 0 aliphatic carbocycles. The Morgan fingerprint density at radius 2 is 1.41 bits per heavy atom. The second kappa shape index (κ2) is 12.8. The van der Waals surface area contributed by atoms with Crippen molar-refractivity contribution in [1.29, 1.82) is 0 Å². The lowest BCUT2D eigenvalue weighted by molar-refractivity contribution is -0.143. The number of benzene rings is 3. The minimum absolute atomic E-state index is 0.114. The summed E-state index contributed by atoms with van der Waals surface area (Å²) in [5.74, 6) is -0.510. The van der Waals surface area contributed by atoms with Crippen LogP contribution in [0.1, 0.15) is 22.3 Å². The first kappa shape index (κ1) is 28.1. The highest BCUT2D eigenvalue weighted by molar-refractivity contribution is 5.95. The SMILES string of the molecule is CN(C(=O)/C=C/c1ccc(C(F)(F)F)cc1)[C@@H](Cc1ccccc1)C(=O)N1CCN(Cc2ccccc2)CC1. The van der Waals surface area contributed by atoms with Gasteiger partial charge in [-0.2, -0.15) is 13.2 Å². The molecule has 5 nitrogen and oxygen atoms in total. The summed E-state index contributed by atoms with van der Waals surface area (Å²) in [5.41, 5.74) is 1.88. The van der Waals surface area contributed by atoms with E-state index in [9.17, 15) is 22.8 Å². The summed E-state index contributed by atoms with van der Waals surface area (Å²) in [6.07, 6.45) is -1.30. The Morgan fingerprint density at radius 3 is 1.97 bits per heavy atom. The minimum atomic E-state index is -4.42. The second-order valence-electron chi connectivity index (χ2n) is 9.69. The average Bonchev–Trinajstić information content (AvgIpc) is 2.95. The summed E-state index contributed by atoms with van der Waals surface area (Å²) >= 11 is 0. The molecule has 39 heavy (non-hydrogen) atoms. The lowest BCUT2D eigenvalue weighted by atomic mass is 10.0. The number of carbonyl (C=O) groups is 2. The van der Waals surface area contributed by atoms with Gasteiger partial charge in [-0.1, -0.05) is 72.8 Å². The molecule has 0 aromatic heterocycles. The van der Waals surface area contributed by atoms with E-state index in [1.165, 1.54) is 34.7 Å². The van der Waals surface area contributed by atoms with Gasteiger partial charge in [0.2, 0.25) is 11.8 Å². The number of piperazine rings is 1. The Morgan fingerprint density at radius 1 is 0.846 bits per heavy atom. The molecule has 0 unspecified atom stereocenters. The van der Waals surface area contributed by atoms with Crippen molar-refractivity contribution in [2.45, 2.75) is 25.2 Å². The molecule has 0 radical (unpaired) electrons. The van der Waals surface area contributed by atoms with E-state index < -0.39 is 23.7 Å². The van der Waals surface area contributed by atoms with Crippen LogP contribution in [0.5, 0.6) is 0 Å². The summed E-state index contributed by atoms with van der Waals surface area (Å²) in [4.78, 5) is 32.4. The van der Waals surface area contributed by atoms with Crippen molar-refractivity contribution in [2.24, 2.45) is 0 Å². The van der Waals surface area contributed by atoms with Crippen LogP contribution in [-0.2, 0) is 28.7 Å². The standard InChI is InChI=1S/C31H32F3N3O2/c1-35(29(38)17-14-24-12-15-27(16-13-24)31(32,33)34)28(22-25-8-4-2-5-9-25)30(39)37-20-18-36(19-21-37)23-26-10-6-3-7-11-26/h2-17,28H,18-23H2,1H3/b17-14+/t28-/m0/s1. The third-order valence-electron chi connectivity index (χ3n) is 6.96. The number of alkyl halides is 3. The Hall–Kier alpha value is -3.91. The van der Waals surface area contributed by atoms with E-state index >= 15 is 0 Å². The number of amides is 2. The fourth-order valence-electron chi connectivity index (χ4n) is 4.63. The zero-order chi connectivity index (χ0) is 27.8. The third-order valence-corrected chi connectivity index (χ3v) is 6.96. The van der Waals surface area contributed by atoms with Crippen molar-refractivity contribution in [1.82, 2.24) is 14.7 Å². The largest absolute Gasteiger partial charge is 0.416 e. The number of halogens is 3. The van der Waals surface area contributed by atoms with E-state index in [-0.39, 0.29) is 5.91 Å². The van der Waals surface area contributed by atoms with Crippen molar-refractivity contribution in [3.8, 4) is 0 Å². The van der Waals surface area contributed by atoms with Gasteiger partial charge < -0.3 is 9.80 Å². The predicted molar refractivity (Wildman–Crippen MR) is 145 cm³/mol. The first-order valence-electron chi connectivity index (χ1n) is 12.9. The summed E-state index contributed by atoms with van der Waals surface area (Å²) < 4.78 is 38.5. The Kier molecular flexibility index (Phi) is 9.19. The molecule has 8 heteroatoms. The van der Waals surface area contributed by atoms with Gasteiger partial charge in [-0.05, 0) is 34.9 Å². The molecule has 1 heterocycles. The van der Waals surface area contributed by atoms with E-state index in [4.69, 9.17) is 0 Å². The lowest BCUT2D eigenvalue weighted by Gasteiger charge is -2.38. The quantitative estimate of drug-likeness (QED) is 0.376. The molecule has 0 saturated carbocycles. The Bertz CT molecular complexity index is 1250. The van der Waals surface area contributed by atoms with E-state index in [2.05, 4.69) is 17.0 Å². The minimum Gasteiger partial charge on any atom is -0.338 e. The van der Waals surface area contributed by atoms with E-state index in [1.807, 2.05) is 53.4 Å². The van der Waals surface area contributed by atoms with Crippen LogP contribution < -0.4 is 0 Å². The predicted octanol–water partition coefficient (Wildman–Crippen LogP) is 5.13. The van der Waals surface area contributed by atoms with Crippen molar-refractivity contribution < 1.29 is 22.8 Å². The maximum Gasteiger partial charge on any atom is 0.416 e. The van der Waals surface area contributed by atoms with Gasteiger partial charge in [-0.3, -0.25) is 14.5 Å². The van der Waals surface area contributed by atoms with Crippen LogP contribution in [0.3, 0.4) is 0 Å². The number of rotatable bonds is 8. The average molecular weight is 536 g/mol. The number of carbonyl (C=O) groups excluding carboxylic acids is 2. The zero-order valence-electron chi connectivity index (χ0n) is 21.8. The molecular formula is C31H32F3N3O2. The summed E-state index contributed by atoms with van der Waals surface area (Å²) in [6, 6.07) is 23.6. The number of nitrogens with zero attached hydrogens (tertiary/aromatic N) is 3. The van der Waals surface area contributed by atoms with Gasteiger partial charge >= 0.3 is 6.18 Å². The highest BCUT2D eigenvalue weighted by Gasteiger charge is 2.32. The van der Waals surface area contributed by atoms with Gasteiger partial charge in [0, 0.05) is 52.3 Å². The van der Waals surface area contributed by atoms with Crippen molar-refractivity contribution in [3.05, 3.63) is 113 Å². The van der Waals surface area contributed by atoms with Crippen LogP contribution in [0, 0.1) is 0 Å². The maximum absolute atomic E-state index is 13.7. The second-order valence-corrected chi connectivity index (χ2v) is 9.69. The van der Waals surface area contributed by atoms with Crippen LogP contribution in [0.2, 0.25) is 0 Å². The highest BCUT2D eigenvalue weighted by atomic mass is 19.4. The highest BCUT2D eigenvalue weighted by Crippen LogP contribution is 2.29. The molecule has 1 aliphatic rings. The molecule has 0 bridgehead atoms. The van der Waals surface area contributed by atoms with Crippen LogP contribution in [0.15, 0.2) is 91.0 Å². The molecule has 3 aromatic carbocycles. The molecule has 3 aromatic rings. The van der Waals surface area contributed by atoms with E-state index in [1.54, 1.807) is 7.05 Å². The molecule has 4 rings (SSSR count). The van der Waals surface area contributed by atoms with E-state index in [0.29, 0.717) is 25.1 Å². The molecule has 1 fully saturated rings. The van der Waals surface area contributed by atoms with Gasteiger partial charge in [0.1, 0.15) is 6.04 Å². The molecular weight excluding hydrogens is 503 g/mol. The van der Waals surface area contributed by atoms with Crippen LogP contribution in [0.4, 0.5) is 13.2 Å². The van der Waals surface area contributed by atoms with Gasteiger partial charge in [-0.15, -0.1) is 0 Å². The van der Waals surface area contributed by atoms with Gasteiger partial charge in [0.15, 0.2) is 0 Å². The monoisotopic (exact) mass is 535 g/mol. The molecule has 2 amide bonds. The number of hydrogen-bond acceptors (Lipinski definition) is 3. The van der Waals surface area contributed by atoms with Crippen molar-refractivity contribution in [3.63, 3.8) is 0 Å². The number of hydrogen-bond donors (Lipinski definition) is 0. The van der Waals surface area contributed by atoms with Gasteiger partial charge in [0.25, 0.3) is 0 Å². The first-order valence-corrected chi connectivity index (χ1v) is 12.9. The molecule has 0 spiro atoms. The Balaban J connectivity index is 1.43. The molecule has 1 saturated heterocycles. The summed E-state index contributed by atoms with van der Waals surface area (Å²) in [5, 5.41) is 0. The topological polar surface area (TPSA) is 43.9 Å². The number of likely N-dealkylation sites (N-methyl/N-ethyl adjacent to an activating group) is 1. The van der Waals surface area contributed by atoms with Crippen molar-refractivity contribution >= 4 is 17.9 Å². The van der Waals surface area contributed by atoms with Crippen LogP contribution >= 0.6 is 0 Å². The fraction of sp³-hybridized carbons (Fsp3) is 0.290. The van der Waals surface area contributed by atoms with Crippen LogP contribution in [-0.4, -0.2) is 65.8 Å². The first-order chi connectivity index (χ1) is 18.7. The molecule has 1 aliphatic heterocycles. The summed E-state index contributed by atoms with van der Waals surface area (Å²) in [7, 11) is 1.59. The smallest absolute Gasteiger partial charge is 0.338 e. The lowest BCUT2D eigenvalue weighted by Crippen LogP contribution is -2.55. The summed E-state index contributed by atoms with van der Waals surface area (Å²) in [6.45, 7) is 3.44. The molecule has 204 valence electrons. The van der Waals surface area contributed by atoms with Gasteiger partial charge in [-0.25, -0.2) is 0 Å². The van der Waals surface area contributed by atoms with E-state index in [0.717, 1.165) is 37.3 Å². The normalized spacial score (nSPS) is 15.3. The molecule has 1 atom stereocenters. The zero-order valence-corrected chi connectivity index (χ0v) is 21.8. The van der Waals surface area contributed by atoms with Crippen molar-refractivity contribution in [2.75, 3.05) is 33.2 Å². The third kappa shape index (κ3) is 7.80. The fourth-order valence-corrected chi connectivity index (χ4v) is 4.63. The van der Waals surface area contributed by atoms with Crippen LogP contribution in [0.25, 0.3) is 6.08 Å². The Labute approximate surface area is 227 Å².